The van der Waals surface area contributed by atoms with E-state index in [1.165, 1.54) is 12.1 Å². The van der Waals surface area contributed by atoms with Crippen LogP contribution < -0.4 is 10.6 Å². The number of non-ortho nitro benzene ring substituents is 1. The van der Waals surface area contributed by atoms with Crippen LogP contribution in [0, 0.1) is 10.1 Å². The van der Waals surface area contributed by atoms with Crippen LogP contribution in [0.1, 0.15) is 5.56 Å². The van der Waals surface area contributed by atoms with Crippen molar-refractivity contribution in [2.75, 3.05) is 32.7 Å². The van der Waals surface area contributed by atoms with E-state index in [9.17, 15) is 14.9 Å². The molecule has 0 aliphatic carbocycles. The molecule has 0 spiro atoms. The van der Waals surface area contributed by atoms with Crippen LogP contribution in [-0.4, -0.2) is 48.6 Å². The van der Waals surface area contributed by atoms with Gasteiger partial charge in [-0.3, -0.25) is 10.1 Å². The number of nitro groups is 1. The molecule has 0 radical (unpaired) electrons. The lowest BCUT2D eigenvalue weighted by Gasteiger charge is -2.14. The summed E-state index contributed by atoms with van der Waals surface area (Å²) in [7, 11) is 0. The van der Waals surface area contributed by atoms with Gasteiger partial charge in [-0.2, -0.15) is 0 Å². The van der Waals surface area contributed by atoms with Gasteiger partial charge in [-0.15, -0.1) is 0 Å². The summed E-state index contributed by atoms with van der Waals surface area (Å²) in [5, 5.41) is 16.5. The van der Waals surface area contributed by atoms with Gasteiger partial charge in [-0.05, 0) is 18.5 Å². The normalized spacial score (nSPS) is 14.4. The summed E-state index contributed by atoms with van der Waals surface area (Å²) in [5.74, 6) is 0. The topological polar surface area (TPSA) is 87.5 Å². The minimum Gasteiger partial charge on any atom is -0.336 e. The average Bonchev–Trinajstić information content (AvgIpc) is 2.84. The van der Waals surface area contributed by atoms with E-state index in [4.69, 9.17) is 0 Å². The Morgan fingerprint density at radius 2 is 2.05 bits per heavy atom. The van der Waals surface area contributed by atoms with E-state index >= 15 is 0 Å². The van der Waals surface area contributed by atoms with Gasteiger partial charge >= 0.3 is 6.03 Å². The predicted molar refractivity (Wildman–Crippen MR) is 74.6 cm³/mol. The highest BCUT2D eigenvalue weighted by Crippen LogP contribution is 2.11. The molecule has 1 saturated heterocycles. The van der Waals surface area contributed by atoms with Crippen LogP contribution in [0.15, 0.2) is 24.3 Å². The number of urea groups is 1. The summed E-state index contributed by atoms with van der Waals surface area (Å²) in [5.41, 5.74) is 1.17. The molecule has 1 aromatic carbocycles. The lowest BCUT2D eigenvalue weighted by atomic mass is 10.1. The molecule has 0 saturated carbocycles. The van der Waals surface area contributed by atoms with Crippen molar-refractivity contribution in [2.24, 2.45) is 0 Å². The van der Waals surface area contributed by atoms with E-state index in [1.54, 1.807) is 17.0 Å². The third-order valence-corrected chi connectivity index (χ3v) is 3.24. The summed E-state index contributed by atoms with van der Waals surface area (Å²) in [6.07, 6.45) is 0.810. The second-order valence-electron chi connectivity index (χ2n) is 4.64. The number of benzene rings is 1. The van der Waals surface area contributed by atoms with Crippen LogP contribution in [0.4, 0.5) is 10.5 Å². The molecule has 7 heteroatoms. The van der Waals surface area contributed by atoms with Crippen LogP contribution >= 0.6 is 0 Å². The number of carbonyl (C=O) groups excluding carboxylic acids is 1. The van der Waals surface area contributed by atoms with Crippen molar-refractivity contribution in [2.45, 2.75) is 6.42 Å². The van der Waals surface area contributed by atoms with Gasteiger partial charge in [0.15, 0.2) is 0 Å². The number of amides is 2. The molecule has 2 N–H and O–H groups in total. The number of carbonyl (C=O) groups is 1. The van der Waals surface area contributed by atoms with Gasteiger partial charge in [0.2, 0.25) is 0 Å². The lowest BCUT2D eigenvalue weighted by Crippen LogP contribution is -2.35. The largest absolute Gasteiger partial charge is 0.336 e. The maximum atomic E-state index is 11.3. The molecule has 1 aliphatic rings. The quantitative estimate of drug-likeness (QED) is 0.438. The number of rotatable bonds is 7. The first-order chi connectivity index (χ1) is 9.66. The van der Waals surface area contributed by atoms with Crippen molar-refractivity contribution in [1.82, 2.24) is 15.5 Å². The van der Waals surface area contributed by atoms with Crippen LogP contribution in [0.3, 0.4) is 0 Å². The number of nitrogens with zero attached hydrogens (tertiary/aromatic N) is 2. The van der Waals surface area contributed by atoms with Crippen molar-refractivity contribution < 1.29 is 9.72 Å². The van der Waals surface area contributed by atoms with Crippen LogP contribution in [-0.2, 0) is 6.42 Å². The molecule has 1 aromatic rings. The van der Waals surface area contributed by atoms with Gasteiger partial charge in [-0.1, -0.05) is 12.1 Å². The van der Waals surface area contributed by atoms with Gasteiger partial charge in [-0.25, -0.2) is 4.79 Å². The van der Waals surface area contributed by atoms with Crippen molar-refractivity contribution in [1.29, 1.82) is 0 Å². The fourth-order valence-corrected chi connectivity index (χ4v) is 2.08. The van der Waals surface area contributed by atoms with Crippen molar-refractivity contribution in [3.63, 3.8) is 0 Å². The highest BCUT2D eigenvalue weighted by Gasteiger charge is 2.17. The maximum absolute atomic E-state index is 11.3. The molecule has 0 bridgehead atoms. The van der Waals surface area contributed by atoms with E-state index < -0.39 is 4.92 Å². The fraction of sp³-hybridized carbons (Fsp3) is 0.462. The van der Waals surface area contributed by atoms with Crippen molar-refractivity contribution >= 4 is 11.7 Å². The Kier molecular flexibility index (Phi) is 4.89. The fourth-order valence-electron chi connectivity index (χ4n) is 2.08. The molecule has 2 rings (SSSR count). The molecule has 0 atom stereocenters. The highest BCUT2D eigenvalue weighted by molar-refractivity contribution is 5.76. The monoisotopic (exact) mass is 278 g/mol. The van der Waals surface area contributed by atoms with Gasteiger partial charge in [0, 0.05) is 38.3 Å². The zero-order valence-corrected chi connectivity index (χ0v) is 11.2. The van der Waals surface area contributed by atoms with Crippen molar-refractivity contribution in [3.8, 4) is 0 Å². The summed E-state index contributed by atoms with van der Waals surface area (Å²) in [6, 6.07) is 6.58. The predicted octanol–water partition coefficient (Wildman–Crippen LogP) is 0.752. The first-order valence-corrected chi connectivity index (χ1v) is 6.63. The minimum absolute atomic E-state index is 0.00201. The number of nitro benzene ring substituents is 1. The van der Waals surface area contributed by atoms with Crippen molar-refractivity contribution in [3.05, 3.63) is 39.9 Å². The molecule has 0 unspecified atom stereocenters. The molecule has 1 fully saturated rings. The number of nitrogens with one attached hydrogen (secondary N) is 2. The third kappa shape index (κ3) is 3.92. The van der Waals surface area contributed by atoms with Crippen LogP contribution in [0.25, 0.3) is 0 Å². The van der Waals surface area contributed by atoms with Gasteiger partial charge in [0.1, 0.15) is 0 Å². The second-order valence-corrected chi connectivity index (χ2v) is 4.64. The molecular formula is C13H18N4O3. The first-order valence-electron chi connectivity index (χ1n) is 6.63. The average molecular weight is 278 g/mol. The van der Waals surface area contributed by atoms with Gasteiger partial charge in [0.05, 0.1) is 4.92 Å². The maximum Gasteiger partial charge on any atom is 0.317 e. The summed E-state index contributed by atoms with van der Waals surface area (Å²) in [4.78, 5) is 23.2. The summed E-state index contributed by atoms with van der Waals surface area (Å²) in [6.45, 7) is 3.73. The lowest BCUT2D eigenvalue weighted by molar-refractivity contribution is -0.384. The zero-order chi connectivity index (χ0) is 14.4. The third-order valence-electron chi connectivity index (χ3n) is 3.24. The Labute approximate surface area is 117 Å². The first kappa shape index (κ1) is 14.3. The Balaban J connectivity index is 1.63. The molecule has 2 amide bonds. The molecule has 0 aromatic heterocycles. The van der Waals surface area contributed by atoms with Crippen LogP contribution in [0.2, 0.25) is 0 Å². The van der Waals surface area contributed by atoms with E-state index in [0.717, 1.165) is 38.2 Å². The molecule has 108 valence electrons. The van der Waals surface area contributed by atoms with E-state index in [-0.39, 0.29) is 11.7 Å². The molecule has 1 heterocycles. The number of hydrogen-bond donors (Lipinski definition) is 2. The number of hydrogen-bond acceptors (Lipinski definition) is 4. The van der Waals surface area contributed by atoms with E-state index in [1.807, 2.05) is 0 Å². The van der Waals surface area contributed by atoms with Gasteiger partial charge < -0.3 is 15.5 Å². The molecule has 1 aliphatic heterocycles. The molecular weight excluding hydrogens is 260 g/mol. The van der Waals surface area contributed by atoms with E-state index in [0.29, 0.717) is 6.54 Å². The molecule has 20 heavy (non-hydrogen) atoms. The Morgan fingerprint density at radius 3 is 2.65 bits per heavy atom. The molecule has 7 nitrogen and oxygen atoms in total. The highest BCUT2D eigenvalue weighted by atomic mass is 16.6. The summed E-state index contributed by atoms with van der Waals surface area (Å²) < 4.78 is 0. The second kappa shape index (κ2) is 6.85. The minimum atomic E-state index is -0.400. The van der Waals surface area contributed by atoms with Gasteiger partial charge in [0.25, 0.3) is 5.69 Å². The summed E-state index contributed by atoms with van der Waals surface area (Å²) >= 11 is 0. The Morgan fingerprint density at radius 1 is 1.30 bits per heavy atom. The zero-order valence-electron chi connectivity index (χ0n) is 11.2. The Hall–Kier alpha value is -2.15. The van der Waals surface area contributed by atoms with E-state index in [2.05, 4.69) is 10.6 Å². The SMILES string of the molecule is O=C1NCCN1CCNCCc1ccc([N+](=O)[O-])cc1. The smallest absolute Gasteiger partial charge is 0.317 e. The van der Waals surface area contributed by atoms with Crippen LogP contribution in [0.5, 0.6) is 0 Å². The standard InChI is InChI=1S/C13H18N4O3/c18-13-15-8-10-16(13)9-7-14-6-5-11-1-3-12(4-2-11)17(19)20/h1-4,14H,5-10H2,(H,15,18). The Bertz CT molecular complexity index is 475.